The Morgan fingerprint density at radius 3 is 3.00 bits per heavy atom. The van der Waals surface area contributed by atoms with E-state index in [-0.39, 0.29) is 12.5 Å². The lowest BCUT2D eigenvalue weighted by molar-refractivity contribution is 0.0741. The highest BCUT2D eigenvalue weighted by Gasteiger charge is 2.18. The highest BCUT2D eigenvalue weighted by molar-refractivity contribution is 5.96. The van der Waals surface area contributed by atoms with Gasteiger partial charge in [-0.3, -0.25) is 9.78 Å². The van der Waals surface area contributed by atoms with E-state index in [1.807, 2.05) is 13.0 Å². The third-order valence-electron chi connectivity index (χ3n) is 2.97. The first-order valence-electron chi connectivity index (χ1n) is 6.70. The van der Waals surface area contributed by atoms with Crippen molar-refractivity contribution in [3.05, 3.63) is 53.7 Å². The molecule has 0 atom stereocenters. The molecule has 0 aromatic carbocycles. The van der Waals surface area contributed by atoms with E-state index in [0.717, 1.165) is 5.76 Å². The summed E-state index contributed by atoms with van der Waals surface area (Å²) in [5.41, 5.74) is 6.49. The number of nitrogens with zero attached hydrogens (tertiary/aromatic N) is 2. The van der Waals surface area contributed by atoms with Gasteiger partial charge in [0.05, 0.1) is 30.5 Å². The second-order valence-corrected chi connectivity index (χ2v) is 4.33. The lowest BCUT2D eigenvalue weighted by atomic mass is 10.1. The highest BCUT2D eigenvalue weighted by atomic mass is 16.3. The fraction of sp³-hybridized carbons (Fsp3) is 0.250. The number of hydrogen-bond donors (Lipinski definition) is 1. The van der Waals surface area contributed by atoms with E-state index in [4.69, 9.17) is 10.2 Å². The molecule has 21 heavy (non-hydrogen) atoms. The average molecular weight is 283 g/mol. The van der Waals surface area contributed by atoms with Crippen LogP contribution in [0.1, 0.15) is 28.6 Å². The molecule has 0 aliphatic carbocycles. The van der Waals surface area contributed by atoms with Crippen molar-refractivity contribution in [2.75, 3.05) is 13.1 Å². The van der Waals surface area contributed by atoms with Crippen molar-refractivity contribution in [1.82, 2.24) is 9.88 Å². The van der Waals surface area contributed by atoms with Gasteiger partial charge in [0.1, 0.15) is 5.76 Å². The van der Waals surface area contributed by atoms with E-state index < -0.39 is 0 Å². The molecular formula is C16H17N3O2. The third kappa shape index (κ3) is 3.71. The van der Waals surface area contributed by atoms with Crippen LogP contribution in [0.2, 0.25) is 0 Å². The normalized spacial score (nSPS) is 9.81. The quantitative estimate of drug-likeness (QED) is 0.866. The van der Waals surface area contributed by atoms with Crippen LogP contribution in [0.25, 0.3) is 0 Å². The van der Waals surface area contributed by atoms with Crippen molar-refractivity contribution in [3.63, 3.8) is 0 Å². The summed E-state index contributed by atoms with van der Waals surface area (Å²) in [6.07, 6.45) is 4.76. The molecule has 2 rings (SSSR count). The van der Waals surface area contributed by atoms with Crippen molar-refractivity contribution < 1.29 is 9.21 Å². The second kappa shape index (κ2) is 7.27. The molecule has 0 bridgehead atoms. The molecule has 0 aliphatic heterocycles. The molecule has 2 aromatic rings. The van der Waals surface area contributed by atoms with Gasteiger partial charge in [-0.15, -0.1) is 0 Å². The van der Waals surface area contributed by atoms with Crippen molar-refractivity contribution in [1.29, 1.82) is 0 Å². The van der Waals surface area contributed by atoms with Gasteiger partial charge in [-0.1, -0.05) is 11.8 Å². The maximum Gasteiger partial charge on any atom is 0.255 e. The standard InChI is InChI=1S/C16H17N3O2/c1-2-19(12-14-6-4-10-21-14)16(20)15-7-9-18-11-13(15)5-3-8-17/h4,6-7,9-11H,2,8,12,17H2,1H3. The van der Waals surface area contributed by atoms with Gasteiger partial charge in [-0.05, 0) is 25.1 Å². The molecule has 5 heteroatoms. The van der Waals surface area contributed by atoms with Crippen LogP contribution in [0.4, 0.5) is 0 Å². The van der Waals surface area contributed by atoms with E-state index in [1.54, 1.807) is 35.7 Å². The number of furan rings is 1. The summed E-state index contributed by atoms with van der Waals surface area (Å²) < 4.78 is 5.30. The van der Waals surface area contributed by atoms with Gasteiger partial charge in [0.15, 0.2) is 0 Å². The topological polar surface area (TPSA) is 72.4 Å². The molecule has 0 radical (unpaired) electrons. The second-order valence-electron chi connectivity index (χ2n) is 4.33. The number of aromatic nitrogens is 1. The van der Waals surface area contributed by atoms with Crippen LogP contribution in [-0.4, -0.2) is 28.9 Å². The number of rotatable bonds is 4. The monoisotopic (exact) mass is 283 g/mol. The molecule has 1 amide bonds. The van der Waals surface area contributed by atoms with E-state index in [9.17, 15) is 4.79 Å². The Morgan fingerprint density at radius 1 is 1.48 bits per heavy atom. The highest BCUT2D eigenvalue weighted by Crippen LogP contribution is 2.13. The van der Waals surface area contributed by atoms with Gasteiger partial charge in [0, 0.05) is 18.9 Å². The molecule has 5 nitrogen and oxygen atoms in total. The van der Waals surface area contributed by atoms with Gasteiger partial charge in [-0.2, -0.15) is 0 Å². The molecule has 108 valence electrons. The van der Waals surface area contributed by atoms with Crippen LogP contribution < -0.4 is 5.73 Å². The molecular weight excluding hydrogens is 266 g/mol. The van der Waals surface area contributed by atoms with Crippen LogP contribution in [0.5, 0.6) is 0 Å². The Labute approximate surface area is 123 Å². The SMILES string of the molecule is CCN(Cc1ccco1)C(=O)c1ccncc1C#CCN. The van der Waals surface area contributed by atoms with Crippen molar-refractivity contribution in [3.8, 4) is 11.8 Å². The van der Waals surface area contributed by atoms with Gasteiger partial charge < -0.3 is 15.1 Å². The molecule has 0 aliphatic rings. The Kier molecular flexibility index (Phi) is 5.13. The van der Waals surface area contributed by atoms with Crippen molar-refractivity contribution in [2.24, 2.45) is 5.73 Å². The Morgan fingerprint density at radius 2 is 2.33 bits per heavy atom. The summed E-state index contributed by atoms with van der Waals surface area (Å²) in [6.45, 7) is 3.17. The van der Waals surface area contributed by atoms with Crippen molar-refractivity contribution >= 4 is 5.91 Å². The first kappa shape index (κ1) is 14.8. The predicted molar refractivity (Wildman–Crippen MR) is 79.3 cm³/mol. The largest absolute Gasteiger partial charge is 0.467 e. The molecule has 2 aromatic heterocycles. The number of carbonyl (C=O) groups excluding carboxylic acids is 1. The molecule has 0 spiro atoms. The number of pyridine rings is 1. The lowest BCUT2D eigenvalue weighted by Crippen LogP contribution is -2.30. The van der Waals surface area contributed by atoms with Crippen LogP contribution >= 0.6 is 0 Å². The number of amides is 1. The average Bonchev–Trinajstić information content (AvgIpc) is 3.03. The van der Waals surface area contributed by atoms with Crippen LogP contribution in [0, 0.1) is 11.8 Å². The van der Waals surface area contributed by atoms with Crippen LogP contribution in [0.15, 0.2) is 41.3 Å². The summed E-state index contributed by atoms with van der Waals surface area (Å²) in [6, 6.07) is 5.32. The van der Waals surface area contributed by atoms with Gasteiger partial charge >= 0.3 is 0 Å². The first-order valence-corrected chi connectivity index (χ1v) is 6.70. The molecule has 2 N–H and O–H groups in total. The van der Waals surface area contributed by atoms with E-state index in [1.165, 1.54) is 0 Å². The number of hydrogen-bond acceptors (Lipinski definition) is 4. The lowest BCUT2D eigenvalue weighted by Gasteiger charge is -2.20. The zero-order chi connectivity index (χ0) is 15.1. The van der Waals surface area contributed by atoms with E-state index in [2.05, 4.69) is 16.8 Å². The summed E-state index contributed by atoms with van der Waals surface area (Å²) in [4.78, 5) is 18.3. The van der Waals surface area contributed by atoms with Gasteiger partial charge in [0.2, 0.25) is 0 Å². The van der Waals surface area contributed by atoms with E-state index >= 15 is 0 Å². The molecule has 0 unspecified atom stereocenters. The van der Waals surface area contributed by atoms with Gasteiger partial charge in [-0.25, -0.2) is 0 Å². The molecule has 0 saturated heterocycles. The summed E-state index contributed by atoms with van der Waals surface area (Å²) in [5.74, 6) is 6.28. The smallest absolute Gasteiger partial charge is 0.255 e. The minimum absolute atomic E-state index is 0.0994. The van der Waals surface area contributed by atoms with Crippen molar-refractivity contribution in [2.45, 2.75) is 13.5 Å². The van der Waals surface area contributed by atoms with Crippen LogP contribution in [-0.2, 0) is 6.54 Å². The van der Waals surface area contributed by atoms with Gasteiger partial charge in [0.25, 0.3) is 5.91 Å². The molecule has 0 saturated carbocycles. The molecule has 0 fully saturated rings. The fourth-order valence-electron chi connectivity index (χ4n) is 1.92. The summed E-state index contributed by atoms with van der Waals surface area (Å²) in [7, 11) is 0. The van der Waals surface area contributed by atoms with Crippen LogP contribution in [0.3, 0.4) is 0 Å². The first-order chi connectivity index (χ1) is 10.3. The zero-order valence-electron chi connectivity index (χ0n) is 11.9. The summed E-state index contributed by atoms with van der Waals surface area (Å²) >= 11 is 0. The zero-order valence-corrected chi connectivity index (χ0v) is 11.9. The maximum absolute atomic E-state index is 12.6. The van der Waals surface area contributed by atoms with E-state index in [0.29, 0.717) is 24.2 Å². The third-order valence-corrected chi connectivity index (χ3v) is 2.97. The summed E-state index contributed by atoms with van der Waals surface area (Å²) in [5, 5.41) is 0. The Hall–Kier alpha value is -2.58. The fourth-order valence-corrected chi connectivity index (χ4v) is 1.92. The number of carbonyl (C=O) groups is 1. The minimum atomic E-state index is -0.0994. The molecule has 2 heterocycles. The maximum atomic E-state index is 12.6. The number of nitrogens with two attached hydrogens (primary N) is 1. The minimum Gasteiger partial charge on any atom is -0.467 e. The Bertz CT molecular complexity index is 654. The predicted octanol–water partition coefficient (Wildman–Crippen LogP) is 1.65. The Balaban J connectivity index is 2.25.